The molecule has 0 aliphatic carbocycles. The molecule has 0 bridgehead atoms. The van der Waals surface area contributed by atoms with Crippen molar-refractivity contribution in [2.45, 2.75) is 0 Å². The van der Waals surface area contributed by atoms with Crippen molar-refractivity contribution in [3.05, 3.63) is 64.7 Å². The Hall–Kier alpha value is -3.33. The first-order valence-corrected chi connectivity index (χ1v) is 7.86. The van der Waals surface area contributed by atoms with Gasteiger partial charge in [-0.25, -0.2) is 14.3 Å². The topological polar surface area (TPSA) is 92.5 Å². The van der Waals surface area contributed by atoms with Gasteiger partial charge in [-0.1, -0.05) is 12.1 Å². The van der Waals surface area contributed by atoms with Crippen molar-refractivity contribution in [2.75, 3.05) is 6.61 Å². The first-order chi connectivity index (χ1) is 12.5. The van der Waals surface area contributed by atoms with Crippen LogP contribution in [0.1, 0.15) is 5.56 Å². The van der Waals surface area contributed by atoms with Crippen molar-refractivity contribution in [3.8, 4) is 17.1 Å². The summed E-state index contributed by atoms with van der Waals surface area (Å²) in [5.41, 5.74) is 1.27. The Morgan fingerprint density at radius 2 is 2.12 bits per heavy atom. The third kappa shape index (κ3) is 4.19. The quantitative estimate of drug-likeness (QED) is 0.512. The third-order valence-electron chi connectivity index (χ3n) is 3.30. The van der Waals surface area contributed by atoms with E-state index in [4.69, 9.17) is 22.1 Å². The molecule has 132 valence electrons. The van der Waals surface area contributed by atoms with Crippen molar-refractivity contribution < 1.29 is 19.0 Å². The van der Waals surface area contributed by atoms with E-state index in [9.17, 15) is 9.18 Å². The summed E-state index contributed by atoms with van der Waals surface area (Å²) < 4.78 is 20.1. The lowest BCUT2D eigenvalue weighted by Gasteiger charge is -2.03. The van der Waals surface area contributed by atoms with Gasteiger partial charge in [0.15, 0.2) is 12.4 Å². The molecule has 0 aliphatic heterocycles. The number of hydrogen-bond acceptors (Lipinski definition) is 5. The van der Waals surface area contributed by atoms with Crippen LogP contribution in [-0.2, 0) is 4.79 Å². The number of aromatic nitrogens is 3. The van der Waals surface area contributed by atoms with Crippen LogP contribution in [0.5, 0.6) is 5.75 Å². The molecule has 0 saturated carbocycles. The molecule has 0 fully saturated rings. The van der Waals surface area contributed by atoms with E-state index >= 15 is 0 Å². The fourth-order valence-electron chi connectivity index (χ4n) is 2.13. The van der Waals surface area contributed by atoms with E-state index in [2.05, 4.69) is 15.3 Å². The molecule has 0 unspecified atom stereocenters. The number of carboxylic acids is 1. The number of carboxylic acid groups (broad SMARTS) is 1. The molecule has 26 heavy (non-hydrogen) atoms. The summed E-state index contributed by atoms with van der Waals surface area (Å²) in [4.78, 5) is 10.5. The van der Waals surface area contributed by atoms with E-state index in [1.54, 1.807) is 42.6 Å². The number of rotatable bonds is 6. The van der Waals surface area contributed by atoms with Crippen molar-refractivity contribution in [3.63, 3.8) is 0 Å². The zero-order chi connectivity index (χ0) is 18.5. The number of nitrogens with one attached hydrogen (secondary N) is 1. The summed E-state index contributed by atoms with van der Waals surface area (Å²) in [6.07, 6.45) is 1.55. The number of halogens is 1. The Labute approximate surface area is 152 Å². The summed E-state index contributed by atoms with van der Waals surface area (Å²) >= 11 is 5.16. The Morgan fingerprint density at radius 1 is 1.35 bits per heavy atom. The molecule has 2 aromatic carbocycles. The molecule has 9 heteroatoms. The van der Waals surface area contributed by atoms with Crippen molar-refractivity contribution in [2.24, 2.45) is 5.10 Å². The van der Waals surface area contributed by atoms with Gasteiger partial charge < -0.3 is 9.84 Å². The molecule has 0 atom stereocenters. The second-order valence-corrected chi connectivity index (χ2v) is 5.56. The number of benzene rings is 2. The van der Waals surface area contributed by atoms with Gasteiger partial charge in [0.25, 0.3) is 0 Å². The number of carbonyl (C=O) groups is 1. The maximum atomic E-state index is 13.4. The molecule has 0 radical (unpaired) electrons. The summed E-state index contributed by atoms with van der Waals surface area (Å²) in [7, 11) is 0. The number of hydrogen-bond donors (Lipinski definition) is 2. The molecule has 1 heterocycles. The van der Waals surface area contributed by atoms with E-state index < -0.39 is 12.6 Å². The molecule has 0 spiro atoms. The molecular weight excluding hydrogens is 359 g/mol. The van der Waals surface area contributed by atoms with Crippen molar-refractivity contribution in [1.29, 1.82) is 0 Å². The van der Waals surface area contributed by atoms with Crippen LogP contribution in [0.15, 0.2) is 53.6 Å². The Kier molecular flexibility index (Phi) is 5.18. The predicted molar refractivity (Wildman–Crippen MR) is 95.4 cm³/mol. The van der Waals surface area contributed by atoms with Crippen LogP contribution >= 0.6 is 12.2 Å². The fraction of sp³-hybridized carbons (Fsp3) is 0.0588. The van der Waals surface area contributed by atoms with Crippen LogP contribution in [0.25, 0.3) is 11.4 Å². The Balaban J connectivity index is 1.82. The second kappa shape index (κ2) is 7.70. The molecule has 3 rings (SSSR count). The van der Waals surface area contributed by atoms with E-state index in [1.165, 1.54) is 16.8 Å². The number of H-pyrrole nitrogens is 1. The molecule has 0 saturated heterocycles. The van der Waals surface area contributed by atoms with Gasteiger partial charge in [0.2, 0.25) is 4.77 Å². The van der Waals surface area contributed by atoms with Gasteiger partial charge in [-0.2, -0.15) is 14.9 Å². The van der Waals surface area contributed by atoms with Crippen LogP contribution in [0.4, 0.5) is 4.39 Å². The average molecular weight is 372 g/mol. The molecule has 0 amide bonds. The first kappa shape index (κ1) is 17.5. The van der Waals surface area contributed by atoms with Gasteiger partial charge in [-0.05, 0) is 54.2 Å². The number of aromatic amines is 1. The maximum absolute atomic E-state index is 13.4. The van der Waals surface area contributed by atoms with Gasteiger partial charge >= 0.3 is 5.97 Å². The van der Waals surface area contributed by atoms with Crippen LogP contribution in [0, 0.1) is 10.6 Å². The van der Waals surface area contributed by atoms with Crippen molar-refractivity contribution in [1.82, 2.24) is 14.9 Å². The summed E-state index contributed by atoms with van der Waals surface area (Å²) in [6, 6.07) is 12.6. The summed E-state index contributed by atoms with van der Waals surface area (Å²) in [5, 5.41) is 19.6. The molecule has 3 aromatic rings. The minimum atomic E-state index is -1.05. The summed E-state index contributed by atoms with van der Waals surface area (Å²) in [5.74, 6) is -0.615. The lowest BCUT2D eigenvalue weighted by atomic mass is 10.2. The average Bonchev–Trinajstić information content (AvgIpc) is 2.99. The molecular formula is C17H13FN4O3S. The van der Waals surface area contributed by atoms with Crippen LogP contribution in [0.3, 0.4) is 0 Å². The number of ether oxygens (including phenoxy) is 1. The first-order valence-electron chi connectivity index (χ1n) is 7.45. The van der Waals surface area contributed by atoms with Crippen LogP contribution in [0.2, 0.25) is 0 Å². The number of nitrogens with zero attached hydrogens (tertiary/aromatic N) is 3. The maximum Gasteiger partial charge on any atom is 0.341 e. The van der Waals surface area contributed by atoms with E-state index in [0.717, 1.165) is 5.56 Å². The normalized spacial score (nSPS) is 11.0. The summed E-state index contributed by atoms with van der Waals surface area (Å²) in [6.45, 7) is -0.408. The fourth-order valence-corrected chi connectivity index (χ4v) is 2.31. The van der Waals surface area contributed by atoms with Gasteiger partial charge in [0, 0.05) is 5.56 Å². The highest BCUT2D eigenvalue weighted by atomic mass is 32.1. The molecule has 1 aromatic heterocycles. The standard InChI is InChI=1S/C17H13FN4O3S/c18-13-3-1-2-12(8-13)16-20-21-17(26)22(16)19-9-11-4-6-14(7-5-11)25-10-15(23)24/h1-9H,10H2,(H,21,26)(H,23,24)/b19-9-. The third-order valence-corrected chi connectivity index (χ3v) is 3.56. The highest BCUT2D eigenvalue weighted by molar-refractivity contribution is 7.71. The highest BCUT2D eigenvalue weighted by Crippen LogP contribution is 2.18. The molecule has 0 aliphatic rings. The van der Waals surface area contributed by atoms with E-state index in [0.29, 0.717) is 17.1 Å². The van der Waals surface area contributed by atoms with Gasteiger partial charge in [0.1, 0.15) is 11.6 Å². The monoisotopic (exact) mass is 372 g/mol. The van der Waals surface area contributed by atoms with Gasteiger partial charge in [0.05, 0.1) is 6.21 Å². The smallest absolute Gasteiger partial charge is 0.341 e. The van der Waals surface area contributed by atoms with E-state index in [1.807, 2.05) is 0 Å². The minimum Gasteiger partial charge on any atom is -0.482 e. The zero-order valence-electron chi connectivity index (χ0n) is 13.3. The number of aliphatic carboxylic acids is 1. The SMILES string of the molecule is O=C(O)COc1ccc(/C=N\n2c(-c3cccc(F)c3)n[nH]c2=S)cc1. The molecule has 7 nitrogen and oxygen atoms in total. The van der Waals surface area contributed by atoms with Gasteiger partial charge in [-0.3, -0.25) is 0 Å². The Bertz CT molecular complexity index is 1010. The van der Waals surface area contributed by atoms with Crippen LogP contribution < -0.4 is 4.74 Å². The predicted octanol–water partition coefficient (Wildman–Crippen LogP) is 3.09. The zero-order valence-corrected chi connectivity index (χ0v) is 14.1. The largest absolute Gasteiger partial charge is 0.482 e. The Morgan fingerprint density at radius 3 is 2.81 bits per heavy atom. The molecule has 2 N–H and O–H groups in total. The highest BCUT2D eigenvalue weighted by Gasteiger charge is 2.08. The second-order valence-electron chi connectivity index (χ2n) is 5.17. The van der Waals surface area contributed by atoms with Gasteiger partial charge in [-0.15, -0.1) is 0 Å². The van der Waals surface area contributed by atoms with Crippen LogP contribution in [-0.4, -0.2) is 38.8 Å². The van der Waals surface area contributed by atoms with E-state index in [-0.39, 0.29) is 10.6 Å². The lowest BCUT2D eigenvalue weighted by molar-refractivity contribution is -0.139. The minimum absolute atomic E-state index is 0.266. The lowest BCUT2D eigenvalue weighted by Crippen LogP contribution is -2.09. The van der Waals surface area contributed by atoms with Crippen molar-refractivity contribution >= 4 is 24.4 Å².